The molecule has 12 heteroatoms. The fourth-order valence-electron chi connectivity index (χ4n) is 10.1. The molecule has 0 aromatic carbocycles. The smallest absolute Gasteiger partial charge is 0.407 e. The van der Waals surface area contributed by atoms with Crippen molar-refractivity contribution in [2.45, 2.75) is 146 Å². The summed E-state index contributed by atoms with van der Waals surface area (Å²) in [5.74, 6) is 1.07. The molecule has 3 aliphatic rings. The van der Waals surface area contributed by atoms with E-state index < -0.39 is 24.4 Å². The minimum Gasteiger partial charge on any atom is -0.446 e. The van der Waals surface area contributed by atoms with E-state index in [1.54, 1.807) is 0 Å². The Morgan fingerprint density at radius 2 is 1.02 bits per heavy atom. The zero-order chi connectivity index (χ0) is 38.1. The highest BCUT2D eigenvalue weighted by atomic mass is 16.6. The number of ether oxygens (including phenoxy) is 4. The number of carbonyl (C=O) groups excluding carboxylic acids is 4. The van der Waals surface area contributed by atoms with Crippen LogP contribution in [0.1, 0.15) is 133 Å². The Morgan fingerprint density at radius 3 is 1.51 bits per heavy atom. The van der Waals surface area contributed by atoms with Crippen molar-refractivity contribution in [3.63, 3.8) is 0 Å². The van der Waals surface area contributed by atoms with Crippen LogP contribution in [0.4, 0.5) is 19.2 Å². The van der Waals surface area contributed by atoms with Gasteiger partial charge in [-0.15, -0.1) is 0 Å². The fourth-order valence-corrected chi connectivity index (χ4v) is 10.1. The van der Waals surface area contributed by atoms with E-state index in [1.165, 1.54) is 6.42 Å². The van der Waals surface area contributed by atoms with Crippen LogP contribution in [0.2, 0.25) is 0 Å². The lowest BCUT2D eigenvalue weighted by Crippen LogP contribution is -2.50. The van der Waals surface area contributed by atoms with Crippen LogP contribution in [0.5, 0.6) is 0 Å². The minimum atomic E-state index is -0.582. The first-order valence-corrected chi connectivity index (χ1v) is 19.3. The van der Waals surface area contributed by atoms with Gasteiger partial charge in [0.1, 0.15) is 26.4 Å². The lowest BCUT2D eigenvalue weighted by molar-refractivity contribution is 0.0532. The molecule has 3 saturated carbocycles. The van der Waals surface area contributed by atoms with E-state index >= 15 is 0 Å². The van der Waals surface area contributed by atoms with Gasteiger partial charge in [-0.1, -0.05) is 75.7 Å². The van der Waals surface area contributed by atoms with Crippen molar-refractivity contribution in [3.8, 4) is 0 Å². The summed E-state index contributed by atoms with van der Waals surface area (Å²) in [7, 11) is 0. The van der Waals surface area contributed by atoms with Crippen LogP contribution in [-0.4, -0.2) is 76.0 Å². The third-order valence-corrected chi connectivity index (χ3v) is 11.2. The van der Waals surface area contributed by atoms with Crippen molar-refractivity contribution >= 4 is 24.4 Å². The number of hydrogen-bond donors (Lipinski definition) is 4. The first kappa shape index (κ1) is 42.5. The van der Waals surface area contributed by atoms with Crippen LogP contribution in [0.15, 0.2) is 0 Å². The van der Waals surface area contributed by atoms with Gasteiger partial charge in [0.05, 0.1) is 0 Å². The molecule has 0 spiro atoms. The standard InChI is InChI=1S/C39H70N4O8/c1-11-38(9)21-29(19-36(5,6)24-38)42-33(46)51-15-13-49-32(45)41-26-39(10)22-30(20-37(7,8)25-39)43-34(47)50-14-12-48-31(44)40-23-28-16-27(2)17-35(3,4)18-28/h27-30H,11-26H2,1-10H3,(H,40,44)(H,41,45)(H,42,46)(H,43,47). The van der Waals surface area contributed by atoms with Crippen molar-refractivity contribution < 1.29 is 38.1 Å². The summed E-state index contributed by atoms with van der Waals surface area (Å²) in [5.41, 5.74) is 0.218. The molecule has 0 aromatic heterocycles. The topological polar surface area (TPSA) is 153 Å². The molecule has 0 bridgehead atoms. The van der Waals surface area contributed by atoms with Crippen LogP contribution in [-0.2, 0) is 18.9 Å². The second kappa shape index (κ2) is 17.7. The summed E-state index contributed by atoms with van der Waals surface area (Å²) in [6, 6.07) is -0.108. The lowest BCUT2D eigenvalue weighted by atomic mass is 9.62. The van der Waals surface area contributed by atoms with Gasteiger partial charge in [0, 0.05) is 25.2 Å². The Bertz CT molecular complexity index is 1190. The van der Waals surface area contributed by atoms with Gasteiger partial charge in [0.15, 0.2) is 0 Å². The van der Waals surface area contributed by atoms with Crippen molar-refractivity contribution in [2.75, 3.05) is 39.5 Å². The monoisotopic (exact) mass is 723 g/mol. The molecule has 6 atom stereocenters. The molecular formula is C39H70N4O8. The Kier molecular flexibility index (Phi) is 14.8. The number of hydrogen-bond acceptors (Lipinski definition) is 8. The van der Waals surface area contributed by atoms with E-state index in [0.717, 1.165) is 51.4 Å². The molecule has 0 aliphatic heterocycles. The second-order valence-corrected chi connectivity index (χ2v) is 19.2. The van der Waals surface area contributed by atoms with E-state index in [-0.39, 0.29) is 65.6 Å². The van der Waals surface area contributed by atoms with Crippen LogP contribution < -0.4 is 21.3 Å². The Morgan fingerprint density at radius 1 is 0.569 bits per heavy atom. The second-order valence-electron chi connectivity index (χ2n) is 19.2. The fraction of sp³-hybridized carbons (Fsp3) is 0.897. The van der Waals surface area contributed by atoms with Gasteiger partial charge in [-0.2, -0.15) is 0 Å². The molecule has 0 saturated heterocycles. The van der Waals surface area contributed by atoms with Crippen molar-refractivity contribution in [1.82, 2.24) is 21.3 Å². The van der Waals surface area contributed by atoms with Crippen LogP contribution in [0.3, 0.4) is 0 Å². The quantitative estimate of drug-likeness (QED) is 0.110. The molecule has 6 unspecified atom stereocenters. The zero-order valence-electron chi connectivity index (χ0n) is 33.4. The van der Waals surface area contributed by atoms with Gasteiger partial charge in [-0.05, 0) is 96.7 Å². The molecule has 294 valence electrons. The zero-order valence-corrected chi connectivity index (χ0v) is 33.4. The van der Waals surface area contributed by atoms with Crippen molar-refractivity contribution in [3.05, 3.63) is 0 Å². The van der Waals surface area contributed by atoms with Crippen LogP contribution in [0.25, 0.3) is 0 Å². The molecule has 4 N–H and O–H groups in total. The Hall–Kier alpha value is -2.92. The average Bonchev–Trinajstić information content (AvgIpc) is 2.96. The molecule has 3 fully saturated rings. The van der Waals surface area contributed by atoms with Crippen LogP contribution in [0, 0.1) is 38.9 Å². The largest absolute Gasteiger partial charge is 0.446 e. The average molecular weight is 723 g/mol. The van der Waals surface area contributed by atoms with Gasteiger partial charge in [0.25, 0.3) is 0 Å². The molecule has 0 radical (unpaired) electrons. The summed E-state index contributed by atoms with van der Waals surface area (Å²) in [4.78, 5) is 49.8. The Balaban J connectivity index is 1.31. The predicted molar refractivity (Wildman–Crippen MR) is 197 cm³/mol. The highest BCUT2D eigenvalue weighted by molar-refractivity contribution is 5.69. The summed E-state index contributed by atoms with van der Waals surface area (Å²) in [6.07, 6.45) is 7.48. The van der Waals surface area contributed by atoms with Gasteiger partial charge in [-0.3, -0.25) is 0 Å². The van der Waals surface area contributed by atoms with Gasteiger partial charge < -0.3 is 40.2 Å². The number of carbonyl (C=O) groups is 4. The number of alkyl carbamates (subject to hydrolysis) is 4. The van der Waals surface area contributed by atoms with E-state index in [2.05, 4.69) is 90.5 Å². The van der Waals surface area contributed by atoms with Crippen LogP contribution >= 0.6 is 0 Å². The molecule has 3 aliphatic carbocycles. The maximum absolute atomic E-state index is 12.6. The molecule has 0 heterocycles. The van der Waals surface area contributed by atoms with E-state index in [0.29, 0.717) is 31.3 Å². The third-order valence-electron chi connectivity index (χ3n) is 11.2. The van der Waals surface area contributed by atoms with E-state index in [4.69, 9.17) is 18.9 Å². The van der Waals surface area contributed by atoms with E-state index in [1.807, 2.05) is 0 Å². The lowest BCUT2D eigenvalue weighted by Gasteiger charge is -2.46. The molecule has 0 aromatic rings. The molecule has 12 nitrogen and oxygen atoms in total. The summed E-state index contributed by atoms with van der Waals surface area (Å²) in [6.45, 7) is 22.9. The minimum absolute atomic E-state index is 0.0290. The Labute approximate surface area is 307 Å². The normalized spacial score (nSPS) is 30.9. The summed E-state index contributed by atoms with van der Waals surface area (Å²) in [5, 5.41) is 11.7. The number of nitrogens with one attached hydrogen (secondary N) is 4. The van der Waals surface area contributed by atoms with Gasteiger partial charge in [-0.25, -0.2) is 19.2 Å². The highest BCUT2D eigenvalue weighted by Crippen LogP contribution is 2.48. The molecule has 51 heavy (non-hydrogen) atoms. The van der Waals surface area contributed by atoms with E-state index in [9.17, 15) is 19.2 Å². The van der Waals surface area contributed by atoms with Gasteiger partial charge >= 0.3 is 24.4 Å². The maximum atomic E-state index is 12.6. The third kappa shape index (κ3) is 15.3. The molecule has 4 amide bonds. The first-order valence-electron chi connectivity index (χ1n) is 19.3. The predicted octanol–water partition coefficient (Wildman–Crippen LogP) is 7.93. The first-order chi connectivity index (χ1) is 23.6. The number of rotatable bonds is 13. The molecular weight excluding hydrogens is 652 g/mol. The van der Waals surface area contributed by atoms with Crippen molar-refractivity contribution in [2.24, 2.45) is 38.9 Å². The molecule has 3 rings (SSSR count). The maximum Gasteiger partial charge on any atom is 0.407 e. The summed E-state index contributed by atoms with van der Waals surface area (Å²) < 4.78 is 21.2. The SMILES string of the molecule is CCC1(C)CC(NC(=O)OCCOC(=O)NCC2(C)CC(NC(=O)OCCOC(=O)NCC3CC(C)CC(C)(C)C3)CC(C)(C)C2)CC(C)(C)C1. The summed E-state index contributed by atoms with van der Waals surface area (Å²) >= 11 is 0. The number of amides is 4. The highest BCUT2D eigenvalue weighted by Gasteiger charge is 2.43. The van der Waals surface area contributed by atoms with Gasteiger partial charge in [0.2, 0.25) is 0 Å². The van der Waals surface area contributed by atoms with Crippen molar-refractivity contribution in [1.29, 1.82) is 0 Å².